The van der Waals surface area contributed by atoms with Crippen molar-refractivity contribution < 1.29 is 0 Å². The molecule has 3 nitrogen and oxygen atoms in total. The van der Waals surface area contributed by atoms with E-state index in [1.165, 1.54) is 53.5 Å². The summed E-state index contributed by atoms with van der Waals surface area (Å²) in [5.74, 6) is 0.512. The third kappa shape index (κ3) is 3.54. The summed E-state index contributed by atoms with van der Waals surface area (Å²) < 4.78 is 0. The number of H-pyrrole nitrogens is 1. The summed E-state index contributed by atoms with van der Waals surface area (Å²) in [6.45, 7) is 1.07. The molecule has 2 N–H and O–H groups in total. The van der Waals surface area contributed by atoms with Crippen molar-refractivity contribution in [1.82, 2.24) is 10.3 Å². The Kier molecular flexibility index (Phi) is 6.52. The number of rotatable bonds is 2. The molecule has 2 aromatic carbocycles. The molecule has 3 aromatic rings. The number of aromatic nitrogens is 1. The van der Waals surface area contributed by atoms with Crippen LogP contribution in [0.15, 0.2) is 48.5 Å². The first-order chi connectivity index (χ1) is 13.2. The van der Waals surface area contributed by atoms with Gasteiger partial charge in [0.2, 0.25) is 0 Å². The van der Waals surface area contributed by atoms with Gasteiger partial charge < -0.3 is 15.2 Å². The van der Waals surface area contributed by atoms with Gasteiger partial charge in [-0.3, -0.25) is 0 Å². The molecule has 2 atom stereocenters. The number of benzene rings is 2. The lowest BCUT2D eigenvalue weighted by molar-refractivity contribution is 0.181. The predicted octanol–water partition coefficient (Wildman–Crippen LogP) is 5.78. The van der Waals surface area contributed by atoms with Gasteiger partial charge in [0.15, 0.2) is 0 Å². The zero-order chi connectivity index (χ0) is 18.4. The molecule has 1 aliphatic heterocycles. The van der Waals surface area contributed by atoms with Crippen molar-refractivity contribution in [3.8, 4) is 0 Å². The van der Waals surface area contributed by atoms with Crippen LogP contribution in [0.25, 0.3) is 10.9 Å². The summed E-state index contributed by atoms with van der Waals surface area (Å²) >= 11 is 0. The van der Waals surface area contributed by atoms with Crippen molar-refractivity contribution in [3.05, 3.63) is 65.4 Å². The highest BCUT2D eigenvalue weighted by Gasteiger charge is 2.46. The number of anilines is 1. The molecule has 1 fully saturated rings. The highest BCUT2D eigenvalue weighted by molar-refractivity contribution is 5.86. The molecule has 156 valence electrons. The van der Waals surface area contributed by atoms with Crippen LogP contribution in [0.2, 0.25) is 0 Å². The van der Waals surface area contributed by atoms with Crippen LogP contribution in [0.3, 0.4) is 0 Å². The molecule has 0 bridgehead atoms. The predicted molar refractivity (Wildman–Crippen MR) is 128 cm³/mol. The molecular weight excluding hydrogens is 401 g/mol. The van der Waals surface area contributed by atoms with E-state index in [0.29, 0.717) is 5.92 Å². The first kappa shape index (κ1) is 22.0. The monoisotopic (exact) mass is 431 g/mol. The second-order valence-electron chi connectivity index (χ2n) is 8.46. The molecule has 5 rings (SSSR count). The van der Waals surface area contributed by atoms with Gasteiger partial charge in [0.05, 0.1) is 5.54 Å². The summed E-state index contributed by atoms with van der Waals surface area (Å²) in [4.78, 5) is 6.05. The van der Waals surface area contributed by atoms with Crippen molar-refractivity contribution in [1.29, 1.82) is 0 Å². The maximum absolute atomic E-state index is 4.00. The molecule has 1 spiro atoms. The van der Waals surface area contributed by atoms with Crippen molar-refractivity contribution in [2.24, 2.45) is 0 Å². The van der Waals surface area contributed by atoms with E-state index >= 15 is 0 Å². The van der Waals surface area contributed by atoms with Gasteiger partial charge in [0, 0.05) is 48.8 Å². The quantitative estimate of drug-likeness (QED) is 0.538. The van der Waals surface area contributed by atoms with E-state index < -0.39 is 0 Å². The molecular formula is C24H31Cl2N3. The van der Waals surface area contributed by atoms with Crippen molar-refractivity contribution in [2.75, 3.05) is 25.5 Å². The minimum atomic E-state index is 0. The third-order valence-corrected chi connectivity index (χ3v) is 6.77. The van der Waals surface area contributed by atoms with Gasteiger partial charge in [-0.15, -0.1) is 24.8 Å². The average Bonchev–Trinajstić information content (AvgIpc) is 3.09. The Morgan fingerprint density at radius 3 is 2.66 bits per heavy atom. The topological polar surface area (TPSA) is 31.1 Å². The molecule has 1 aromatic heterocycles. The largest absolute Gasteiger partial charge is 0.378 e. The minimum Gasteiger partial charge on any atom is -0.378 e. The Hall–Kier alpha value is -1.68. The first-order valence-corrected chi connectivity index (χ1v) is 10.3. The lowest BCUT2D eigenvalue weighted by Gasteiger charge is -2.48. The van der Waals surface area contributed by atoms with Gasteiger partial charge >= 0.3 is 0 Å². The Balaban J connectivity index is 0.00000120. The zero-order valence-electron chi connectivity index (χ0n) is 17.2. The van der Waals surface area contributed by atoms with Gasteiger partial charge in [-0.2, -0.15) is 0 Å². The third-order valence-electron chi connectivity index (χ3n) is 6.77. The highest BCUT2D eigenvalue weighted by Crippen LogP contribution is 2.50. The van der Waals surface area contributed by atoms with E-state index in [1.54, 1.807) is 5.56 Å². The van der Waals surface area contributed by atoms with Gasteiger partial charge in [-0.05, 0) is 48.6 Å². The number of fused-ring (bicyclic) bond motifs is 4. The van der Waals surface area contributed by atoms with Crippen molar-refractivity contribution in [3.63, 3.8) is 0 Å². The maximum atomic E-state index is 4.00. The van der Waals surface area contributed by atoms with Crippen molar-refractivity contribution >= 4 is 41.4 Å². The molecule has 5 heteroatoms. The van der Waals surface area contributed by atoms with Crippen LogP contribution in [0.5, 0.6) is 0 Å². The van der Waals surface area contributed by atoms with Crippen molar-refractivity contribution in [2.45, 2.75) is 43.6 Å². The number of aromatic amines is 1. The van der Waals surface area contributed by atoms with Crippen LogP contribution in [-0.2, 0) is 12.0 Å². The standard InChI is InChI=1S/C24H29N3.2ClH/c1-27(2)18-9-7-8-17(16-18)21-11-5-6-14-24(21)23-20(13-15-25-24)19-10-3-4-12-22(19)26-23;;/h3-4,7-10,12,16,21,25-26H,5-6,11,13-15H2,1-2H3;2*1H. The molecule has 0 amide bonds. The maximum Gasteiger partial charge on any atom is 0.0659 e. The molecule has 2 aliphatic rings. The van der Waals surface area contributed by atoms with Crippen LogP contribution in [0.4, 0.5) is 5.69 Å². The molecule has 2 unspecified atom stereocenters. The van der Waals surface area contributed by atoms with Crippen LogP contribution < -0.4 is 10.2 Å². The molecule has 2 heterocycles. The molecule has 1 aliphatic carbocycles. The Bertz CT molecular complexity index is 981. The van der Waals surface area contributed by atoms with E-state index in [-0.39, 0.29) is 30.4 Å². The van der Waals surface area contributed by atoms with Crippen LogP contribution in [0, 0.1) is 0 Å². The second kappa shape index (κ2) is 8.59. The average molecular weight is 432 g/mol. The van der Waals surface area contributed by atoms with Gasteiger partial charge in [-0.25, -0.2) is 0 Å². The van der Waals surface area contributed by atoms with E-state index in [1.807, 2.05) is 0 Å². The molecule has 1 saturated carbocycles. The first-order valence-electron chi connectivity index (χ1n) is 10.3. The summed E-state index contributed by atoms with van der Waals surface area (Å²) in [5, 5.41) is 5.42. The number of hydrogen-bond donors (Lipinski definition) is 2. The smallest absolute Gasteiger partial charge is 0.0659 e. The van der Waals surface area contributed by atoms with Gasteiger partial charge in [-0.1, -0.05) is 43.2 Å². The van der Waals surface area contributed by atoms with Gasteiger partial charge in [0.1, 0.15) is 0 Å². The second-order valence-corrected chi connectivity index (χ2v) is 8.46. The lowest BCUT2D eigenvalue weighted by atomic mass is 9.65. The van der Waals surface area contributed by atoms with Crippen LogP contribution in [-0.4, -0.2) is 25.6 Å². The normalized spacial score (nSPS) is 23.2. The SMILES string of the molecule is CN(C)c1cccc(C2CCCCC23NCCc2c3[nH]c3ccccc23)c1.Cl.Cl. The van der Waals surface area contributed by atoms with Crippen LogP contribution >= 0.6 is 24.8 Å². The van der Waals surface area contributed by atoms with E-state index in [2.05, 4.69) is 77.8 Å². The number of halogens is 2. The molecule has 0 radical (unpaired) electrons. The van der Waals surface area contributed by atoms with E-state index in [4.69, 9.17) is 0 Å². The van der Waals surface area contributed by atoms with Crippen LogP contribution in [0.1, 0.15) is 48.4 Å². The number of nitrogens with zero attached hydrogens (tertiary/aromatic N) is 1. The fourth-order valence-corrected chi connectivity index (χ4v) is 5.49. The molecule has 29 heavy (non-hydrogen) atoms. The number of para-hydroxylation sites is 1. The zero-order valence-corrected chi connectivity index (χ0v) is 18.8. The summed E-state index contributed by atoms with van der Waals surface area (Å²) in [6.07, 6.45) is 6.19. The number of nitrogens with one attached hydrogen (secondary N) is 2. The minimum absolute atomic E-state index is 0. The van der Waals surface area contributed by atoms with Gasteiger partial charge in [0.25, 0.3) is 0 Å². The Labute approximate surface area is 186 Å². The summed E-state index contributed by atoms with van der Waals surface area (Å²) in [7, 11) is 4.26. The summed E-state index contributed by atoms with van der Waals surface area (Å²) in [6, 6.07) is 18.0. The Morgan fingerprint density at radius 1 is 1.00 bits per heavy atom. The highest BCUT2D eigenvalue weighted by atomic mass is 35.5. The fourth-order valence-electron chi connectivity index (χ4n) is 5.49. The molecule has 0 saturated heterocycles. The number of hydrogen-bond acceptors (Lipinski definition) is 2. The Morgan fingerprint density at radius 2 is 1.83 bits per heavy atom. The lowest BCUT2D eigenvalue weighted by Crippen LogP contribution is -2.53. The fraction of sp³-hybridized carbons (Fsp3) is 0.417. The van der Waals surface area contributed by atoms with E-state index in [9.17, 15) is 0 Å². The van der Waals surface area contributed by atoms with E-state index in [0.717, 1.165) is 13.0 Å². The summed E-state index contributed by atoms with van der Waals surface area (Å²) in [5.41, 5.74) is 7.09.